The number of hydrogen-bond acceptors (Lipinski definition) is 2. The summed E-state index contributed by atoms with van der Waals surface area (Å²) in [4.78, 5) is 0. The molecule has 0 heterocycles. The van der Waals surface area contributed by atoms with Crippen LogP contribution in [0.15, 0.2) is 0 Å². The molecule has 0 aromatic carbocycles. The highest BCUT2D eigenvalue weighted by molar-refractivity contribution is 7.85. The second kappa shape index (κ2) is 5.54. The third kappa shape index (κ3) is 9.91. The molecule has 0 atom stereocenters. The predicted molar refractivity (Wildman–Crippen MR) is 49.7 cm³/mol. The average Bonchev–Trinajstić information content (AvgIpc) is 1.83. The van der Waals surface area contributed by atoms with Crippen molar-refractivity contribution in [3.8, 4) is 0 Å². The van der Waals surface area contributed by atoms with Crippen LogP contribution < -0.4 is 0 Å². The van der Waals surface area contributed by atoms with Gasteiger partial charge in [0.15, 0.2) is 0 Å². The van der Waals surface area contributed by atoms with E-state index in [2.05, 4.69) is 13.8 Å². The van der Waals surface area contributed by atoms with Gasteiger partial charge >= 0.3 is 0 Å². The van der Waals surface area contributed by atoms with Crippen molar-refractivity contribution in [3.63, 3.8) is 0 Å². The van der Waals surface area contributed by atoms with Crippen molar-refractivity contribution in [1.29, 1.82) is 0 Å². The van der Waals surface area contributed by atoms with Crippen LogP contribution >= 0.6 is 0 Å². The highest BCUT2D eigenvalue weighted by Crippen LogP contribution is 2.08. The fourth-order valence-electron chi connectivity index (χ4n) is 1.01. The Morgan fingerprint density at radius 3 is 2.17 bits per heavy atom. The second-order valence-corrected chi connectivity index (χ2v) is 5.10. The molecule has 0 aliphatic carbocycles. The minimum atomic E-state index is -3.72. The molecule has 0 unspecified atom stereocenters. The summed E-state index contributed by atoms with van der Waals surface area (Å²) >= 11 is 0. The van der Waals surface area contributed by atoms with Gasteiger partial charge < -0.3 is 0 Å². The molecule has 0 spiro atoms. The van der Waals surface area contributed by atoms with Crippen LogP contribution in [-0.2, 0) is 10.1 Å². The van der Waals surface area contributed by atoms with E-state index in [0.29, 0.717) is 12.3 Å². The van der Waals surface area contributed by atoms with Crippen LogP contribution in [-0.4, -0.2) is 18.7 Å². The summed E-state index contributed by atoms with van der Waals surface area (Å²) < 4.78 is 29.0. The van der Waals surface area contributed by atoms with Crippen LogP contribution in [0, 0.1) is 5.92 Å². The van der Waals surface area contributed by atoms with Gasteiger partial charge in [0.25, 0.3) is 10.1 Å². The first-order valence-corrected chi connectivity index (χ1v) is 5.98. The van der Waals surface area contributed by atoms with E-state index in [9.17, 15) is 8.42 Å². The maximum atomic E-state index is 10.3. The van der Waals surface area contributed by atoms with Crippen LogP contribution in [0.3, 0.4) is 0 Å². The third-order valence-corrected chi connectivity index (χ3v) is 2.49. The van der Waals surface area contributed by atoms with Gasteiger partial charge in [0.2, 0.25) is 0 Å². The largest absolute Gasteiger partial charge is 0.286 e. The van der Waals surface area contributed by atoms with Gasteiger partial charge in [0.05, 0.1) is 5.75 Å². The molecule has 0 rings (SSSR count). The molecular formula is C8H18O3S. The van der Waals surface area contributed by atoms with Crippen LogP contribution in [0.4, 0.5) is 0 Å². The Morgan fingerprint density at radius 1 is 1.17 bits per heavy atom. The Labute approximate surface area is 74.9 Å². The summed E-state index contributed by atoms with van der Waals surface area (Å²) in [7, 11) is -3.72. The number of rotatable bonds is 6. The van der Waals surface area contributed by atoms with Gasteiger partial charge in [-0.25, -0.2) is 0 Å². The monoisotopic (exact) mass is 194 g/mol. The molecule has 0 aliphatic rings. The second-order valence-electron chi connectivity index (χ2n) is 3.53. The zero-order chi connectivity index (χ0) is 9.61. The maximum Gasteiger partial charge on any atom is 0.264 e. The molecule has 0 aromatic heterocycles. The molecule has 12 heavy (non-hydrogen) atoms. The van der Waals surface area contributed by atoms with Crippen LogP contribution in [0.2, 0.25) is 0 Å². The Hall–Kier alpha value is -0.0900. The van der Waals surface area contributed by atoms with Gasteiger partial charge in [0, 0.05) is 0 Å². The van der Waals surface area contributed by atoms with E-state index in [4.69, 9.17) is 4.55 Å². The van der Waals surface area contributed by atoms with Crippen molar-refractivity contribution >= 4 is 10.1 Å². The normalized spacial score (nSPS) is 12.3. The van der Waals surface area contributed by atoms with Crippen molar-refractivity contribution in [2.45, 2.75) is 39.5 Å². The lowest BCUT2D eigenvalue weighted by Gasteiger charge is -2.02. The third-order valence-electron chi connectivity index (χ3n) is 1.68. The van der Waals surface area contributed by atoms with E-state index >= 15 is 0 Å². The summed E-state index contributed by atoms with van der Waals surface area (Å²) in [5.41, 5.74) is 0. The number of unbranched alkanes of at least 4 members (excludes halogenated alkanes) is 2. The lowest BCUT2D eigenvalue weighted by atomic mass is 10.1. The molecular weight excluding hydrogens is 176 g/mol. The zero-order valence-corrected chi connectivity index (χ0v) is 8.60. The molecule has 1 N–H and O–H groups in total. The Morgan fingerprint density at radius 2 is 1.75 bits per heavy atom. The van der Waals surface area contributed by atoms with Gasteiger partial charge in [-0.1, -0.05) is 33.1 Å². The van der Waals surface area contributed by atoms with E-state index in [1.165, 1.54) is 0 Å². The first-order chi connectivity index (χ1) is 5.42. The smallest absolute Gasteiger partial charge is 0.264 e. The quantitative estimate of drug-likeness (QED) is 0.520. The van der Waals surface area contributed by atoms with Gasteiger partial charge in [-0.05, 0) is 12.3 Å². The fourth-order valence-corrected chi connectivity index (χ4v) is 1.58. The van der Waals surface area contributed by atoms with E-state index < -0.39 is 10.1 Å². The van der Waals surface area contributed by atoms with Crippen molar-refractivity contribution in [3.05, 3.63) is 0 Å². The van der Waals surface area contributed by atoms with Crippen molar-refractivity contribution < 1.29 is 13.0 Å². The zero-order valence-electron chi connectivity index (χ0n) is 7.78. The van der Waals surface area contributed by atoms with E-state index in [1.807, 2.05) is 0 Å². The van der Waals surface area contributed by atoms with Crippen molar-refractivity contribution in [2.24, 2.45) is 5.92 Å². The summed E-state index contributed by atoms with van der Waals surface area (Å²) in [5.74, 6) is 0.584. The summed E-state index contributed by atoms with van der Waals surface area (Å²) in [6.45, 7) is 4.28. The predicted octanol–water partition coefficient (Wildman–Crippen LogP) is 2.09. The SMILES string of the molecule is CC(C)CCCCCS(=O)(=O)O. The molecule has 0 bridgehead atoms. The topological polar surface area (TPSA) is 54.4 Å². The average molecular weight is 194 g/mol. The molecule has 4 heteroatoms. The van der Waals surface area contributed by atoms with E-state index in [0.717, 1.165) is 19.3 Å². The van der Waals surface area contributed by atoms with Gasteiger partial charge in [-0.15, -0.1) is 0 Å². The molecule has 0 aliphatic heterocycles. The maximum absolute atomic E-state index is 10.3. The van der Waals surface area contributed by atoms with Gasteiger partial charge in [-0.2, -0.15) is 8.42 Å². The lowest BCUT2D eigenvalue weighted by Crippen LogP contribution is -2.03. The van der Waals surface area contributed by atoms with Crippen molar-refractivity contribution in [2.75, 3.05) is 5.75 Å². The molecule has 0 saturated carbocycles. The van der Waals surface area contributed by atoms with E-state index in [-0.39, 0.29) is 5.75 Å². The molecule has 0 aromatic rings. The molecule has 0 saturated heterocycles. The van der Waals surface area contributed by atoms with Gasteiger partial charge in [0.1, 0.15) is 0 Å². The minimum Gasteiger partial charge on any atom is -0.286 e. The standard InChI is InChI=1S/C8H18O3S/c1-8(2)6-4-3-5-7-12(9,10)11/h8H,3-7H2,1-2H3,(H,9,10,11). The molecule has 3 nitrogen and oxygen atoms in total. The molecule has 0 fully saturated rings. The van der Waals surface area contributed by atoms with Crippen molar-refractivity contribution in [1.82, 2.24) is 0 Å². The summed E-state index contributed by atoms with van der Waals surface area (Å²) in [6.07, 6.45) is 3.64. The Kier molecular flexibility index (Phi) is 5.50. The minimum absolute atomic E-state index is 0.0922. The van der Waals surface area contributed by atoms with Crippen LogP contribution in [0.5, 0.6) is 0 Å². The first-order valence-electron chi connectivity index (χ1n) is 4.37. The molecule has 0 radical (unpaired) electrons. The Bertz CT molecular complexity index is 194. The summed E-state index contributed by atoms with van der Waals surface area (Å²) in [5, 5.41) is 0. The lowest BCUT2D eigenvalue weighted by molar-refractivity contribution is 0.476. The number of hydrogen-bond donors (Lipinski definition) is 1. The highest BCUT2D eigenvalue weighted by atomic mass is 32.2. The molecule has 74 valence electrons. The summed E-state index contributed by atoms with van der Waals surface area (Å²) in [6, 6.07) is 0. The van der Waals surface area contributed by atoms with Crippen LogP contribution in [0.25, 0.3) is 0 Å². The van der Waals surface area contributed by atoms with Gasteiger partial charge in [-0.3, -0.25) is 4.55 Å². The first kappa shape index (κ1) is 11.9. The Balaban J connectivity index is 3.23. The fraction of sp³-hybridized carbons (Fsp3) is 1.00. The highest BCUT2D eigenvalue weighted by Gasteiger charge is 2.03. The van der Waals surface area contributed by atoms with Crippen LogP contribution in [0.1, 0.15) is 39.5 Å². The molecule has 0 amide bonds. The van der Waals surface area contributed by atoms with E-state index in [1.54, 1.807) is 0 Å².